The number of nitrogens with one attached hydrogen (secondary N) is 1. The molecule has 10 nitrogen and oxygen atoms in total. The van der Waals surface area contributed by atoms with Gasteiger partial charge in [0, 0.05) is 13.1 Å². The molecule has 2 heterocycles. The smallest absolute Gasteiger partial charge is 0.408 e. The zero-order chi connectivity index (χ0) is 20.6. The zero-order valence-corrected chi connectivity index (χ0v) is 15.9. The Morgan fingerprint density at radius 3 is 2.52 bits per heavy atom. The van der Waals surface area contributed by atoms with Gasteiger partial charge in [-0.25, -0.2) is 9.78 Å². The molecule has 1 fully saturated rings. The number of amides is 2. The molecule has 1 aromatic carbocycles. The van der Waals surface area contributed by atoms with Crippen molar-refractivity contribution >= 4 is 35.0 Å². The van der Waals surface area contributed by atoms with Crippen molar-refractivity contribution in [3.8, 4) is 5.75 Å². The van der Waals surface area contributed by atoms with Crippen LogP contribution in [0.25, 0.3) is 0 Å². The lowest BCUT2D eigenvalue weighted by molar-refractivity contribution is -0.114. The van der Waals surface area contributed by atoms with Gasteiger partial charge in [-0.1, -0.05) is 12.1 Å². The summed E-state index contributed by atoms with van der Waals surface area (Å²) in [5.41, 5.74) is 11.8. The van der Waals surface area contributed by atoms with Gasteiger partial charge in [0.15, 0.2) is 11.6 Å². The number of benzene rings is 1. The van der Waals surface area contributed by atoms with Crippen LogP contribution in [0.5, 0.6) is 5.75 Å². The van der Waals surface area contributed by atoms with Gasteiger partial charge >= 0.3 is 6.09 Å². The van der Waals surface area contributed by atoms with E-state index in [0.717, 1.165) is 19.3 Å². The number of aromatic nitrogens is 1. The third kappa shape index (κ3) is 5.48. The highest BCUT2D eigenvalue weighted by molar-refractivity contribution is 5.91. The number of carbonyl (C=O) groups excluding carboxylic acids is 2. The Kier molecular flexibility index (Phi) is 6.69. The first kappa shape index (κ1) is 20.2. The summed E-state index contributed by atoms with van der Waals surface area (Å²) in [5.74, 6) is 0.292. The van der Waals surface area contributed by atoms with Gasteiger partial charge in [0.25, 0.3) is 0 Å². The molecule has 1 aliphatic heterocycles. The molecule has 29 heavy (non-hydrogen) atoms. The molecule has 152 valence electrons. The van der Waals surface area contributed by atoms with Crippen molar-refractivity contribution in [2.75, 3.05) is 30.7 Å². The topological polar surface area (TPSA) is 148 Å². The van der Waals surface area contributed by atoms with Gasteiger partial charge in [-0.2, -0.15) is 0 Å². The summed E-state index contributed by atoms with van der Waals surface area (Å²) in [7, 11) is 0. The lowest BCUT2D eigenvalue weighted by Crippen LogP contribution is -2.37. The van der Waals surface area contributed by atoms with Crippen LogP contribution < -0.4 is 21.5 Å². The first-order valence-corrected chi connectivity index (χ1v) is 9.31. The molecule has 3 rings (SSSR count). The number of ether oxygens (including phenoxy) is 1. The van der Waals surface area contributed by atoms with Gasteiger partial charge < -0.3 is 26.4 Å². The third-order valence-corrected chi connectivity index (χ3v) is 4.30. The number of anilines is 2. The number of nitrogens with zero attached hydrogens (tertiary/aromatic N) is 4. The van der Waals surface area contributed by atoms with Crippen LogP contribution in [0.3, 0.4) is 0 Å². The van der Waals surface area contributed by atoms with Crippen molar-refractivity contribution in [3.05, 3.63) is 36.4 Å². The number of para-hydroxylation sites is 1. The molecule has 0 spiro atoms. The van der Waals surface area contributed by atoms with Crippen LogP contribution in [0.15, 0.2) is 46.6 Å². The SMILES string of the molecule is NCC(=O)Nc1ccc(N=Nc2ccccc2OC(=O)N2CCCCC2)c(N)n1. The molecular formula is C19H23N7O3. The molecule has 10 heteroatoms. The van der Waals surface area contributed by atoms with Gasteiger partial charge in [-0.15, -0.1) is 10.2 Å². The predicted molar refractivity (Wildman–Crippen MR) is 108 cm³/mol. The van der Waals surface area contributed by atoms with Crippen LogP contribution in [0.1, 0.15) is 19.3 Å². The summed E-state index contributed by atoms with van der Waals surface area (Å²) >= 11 is 0. The van der Waals surface area contributed by atoms with Crippen molar-refractivity contribution in [1.82, 2.24) is 9.88 Å². The summed E-state index contributed by atoms with van der Waals surface area (Å²) in [4.78, 5) is 29.4. The van der Waals surface area contributed by atoms with Crippen LogP contribution in [-0.2, 0) is 4.79 Å². The number of pyridine rings is 1. The summed E-state index contributed by atoms with van der Waals surface area (Å²) in [6, 6.07) is 9.97. The quantitative estimate of drug-likeness (QED) is 0.661. The number of hydrogen-bond acceptors (Lipinski definition) is 8. The van der Waals surface area contributed by atoms with Crippen LogP contribution in [0.4, 0.5) is 27.8 Å². The van der Waals surface area contributed by atoms with Gasteiger partial charge in [0.2, 0.25) is 5.91 Å². The van der Waals surface area contributed by atoms with Crippen molar-refractivity contribution in [2.45, 2.75) is 19.3 Å². The number of rotatable bonds is 5. The molecule has 0 saturated carbocycles. The minimum absolute atomic E-state index is 0.0892. The Morgan fingerprint density at radius 2 is 1.79 bits per heavy atom. The average Bonchev–Trinajstić information content (AvgIpc) is 2.74. The number of nitrogen functional groups attached to an aromatic ring is 1. The summed E-state index contributed by atoms with van der Waals surface area (Å²) < 4.78 is 5.51. The van der Waals surface area contributed by atoms with E-state index in [4.69, 9.17) is 16.2 Å². The van der Waals surface area contributed by atoms with Gasteiger partial charge in [-0.05, 0) is 43.5 Å². The van der Waals surface area contributed by atoms with E-state index in [1.165, 1.54) is 0 Å². The molecule has 0 unspecified atom stereocenters. The van der Waals surface area contributed by atoms with E-state index >= 15 is 0 Å². The largest absolute Gasteiger partial charge is 0.415 e. The van der Waals surface area contributed by atoms with E-state index in [1.54, 1.807) is 41.3 Å². The molecule has 2 amide bonds. The van der Waals surface area contributed by atoms with Crippen LogP contribution in [0.2, 0.25) is 0 Å². The van der Waals surface area contributed by atoms with Crippen molar-refractivity contribution in [3.63, 3.8) is 0 Å². The number of hydrogen-bond donors (Lipinski definition) is 3. The Balaban J connectivity index is 1.72. The average molecular weight is 397 g/mol. The van der Waals surface area contributed by atoms with Crippen molar-refractivity contribution in [1.29, 1.82) is 0 Å². The molecule has 0 bridgehead atoms. The van der Waals surface area contributed by atoms with Crippen LogP contribution in [-0.4, -0.2) is 41.5 Å². The summed E-state index contributed by atoms with van der Waals surface area (Å²) in [5, 5.41) is 10.7. The van der Waals surface area contributed by atoms with Crippen molar-refractivity contribution in [2.24, 2.45) is 16.0 Å². The molecule has 0 atom stereocenters. The second-order valence-electron chi connectivity index (χ2n) is 6.44. The van der Waals surface area contributed by atoms with Gasteiger partial charge in [0.1, 0.15) is 17.2 Å². The molecule has 1 aliphatic rings. The van der Waals surface area contributed by atoms with Crippen molar-refractivity contribution < 1.29 is 14.3 Å². The monoisotopic (exact) mass is 397 g/mol. The Hall–Kier alpha value is -3.53. The second kappa shape index (κ2) is 9.60. The maximum absolute atomic E-state index is 12.4. The number of nitrogens with two attached hydrogens (primary N) is 2. The molecule has 1 saturated heterocycles. The van der Waals surface area contributed by atoms with E-state index in [-0.39, 0.29) is 24.1 Å². The molecule has 1 aromatic heterocycles. The minimum atomic E-state index is -0.395. The summed E-state index contributed by atoms with van der Waals surface area (Å²) in [6.45, 7) is 1.23. The molecule has 5 N–H and O–H groups in total. The lowest BCUT2D eigenvalue weighted by Gasteiger charge is -2.25. The molecular weight excluding hydrogens is 374 g/mol. The Bertz CT molecular complexity index is 910. The standard InChI is InChI=1S/C19H23N7O3/c20-12-17(27)22-16-9-8-14(18(21)23-16)25-24-13-6-2-3-7-15(13)29-19(28)26-10-4-1-5-11-26/h2-3,6-9H,1,4-5,10-12,20H2,(H3,21,22,23,27). The lowest BCUT2D eigenvalue weighted by atomic mass is 10.1. The highest BCUT2D eigenvalue weighted by atomic mass is 16.6. The third-order valence-electron chi connectivity index (χ3n) is 4.30. The van der Waals surface area contributed by atoms with E-state index in [1.807, 2.05) is 0 Å². The van der Waals surface area contributed by atoms with E-state index in [9.17, 15) is 9.59 Å². The number of azo groups is 1. The fraction of sp³-hybridized carbons (Fsp3) is 0.316. The van der Waals surface area contributed by atoms with E-state index < -0.39 is 6.09 Å². The maximum atomic E-state index is 12.4. The first-order valence-electron chi connectivity index (χ1n) is 9.31. The number of carbonyl (C=O) groups is 2. The van der Waals surface area contributed by atoms with Gasteiger partial charge in [0.05, 0.1) is 6.54 Å². The highest BCUT2D eigenvalue weighted by Gasteiger charge is 2.19. The Morgan fingerprint density at radius 1 is 1.07 bits per heavy atom. The molecule has 0 radical (unpaired) electrons. The zero-order valence-electron chi connectivity index (χ0n) is 15.9. The highest BCUT2D eigenvalue weighted by Crippen LogP contribution is 2.31. The van der Waals surface area contributed by atoms with Crippen LogP contribution in [0, 0.1) is 0 Å². The normalized spacial score (nSPS) is 14.0. The predicted octanol–water partition coefficient (Wildman–Crippen LogP) is 2.96. The number of piperidine rings is 1. The van der Waals surface area contributed by atoms with E-state index in [2.05, 4.69) is 20.5 Å². The number of likely N-dealkylation sites (tertiary alicyclic amines) is 1. The fourth-order valence-electron chi connectivity index (χ4n) is 2.78. The summed E-state index contributed by atoms with van der Waals surface area (Å²) in [6.07, 6.45) is 2.68. The van der Waals surface area contributed by atoms with Gasteiger partial charge in [-0.3, -0.25) is 4.79 Å². The molecule has 0 aliphatic carbocycles. The second-order valence-corrected chi connectivity index (χ2v) is 6.44. The first-order chi connectivity index (χ1) is 14.1. The fourth-order valence-corrected chi connectivity index (χ4v) is 2.78. The Labute approximate surface area is 167 Å². The van der Waals surface area contributed by atoms with E-state index in [0.29, 0.717) is 30.2 Å². The van der Waals surface area contributed by atoms with Crippen LogP contribution >= 0.6 is 0 Å². The maximum Gasteiger partial charge on any atom is 0.415 e. The molecule has 2 aromatic rings. The minimum Gasteiger partial charge on any atom is -0.408 e.